The van der Waals surface area contributed by atoms with Gasteiger partial charge >= 0.3 is 0 Å². The summed E-state index contributed by atoms with van der Waals surface area (Å²) >= 11 is 0. The molecule has 1 saturated heterocycles. The smallest absolute Gasteiger partial charge is 0.245 e. The quantitative estimate of drug-likeness (QED) is 0.810. The van der Waals surface area contributed by atoms with Crippen molar-refractivity contribution in [2.45, 2.75) is 25.5 Å². The number of nitrogens with one attached hydrogen (secondary N) is 1. The zero-order valence-corrected chi connectivity index (χ0v) is 13.3. The number of aliphatic hydroxyl groups is 1. The molecule has 1 saturated carbocycles. The minimum atomic E-state index is -1.93. The molecule has 6 nitrogen and oxygen atoms in total. The van der Waals surface area contributed by atoms with Crippen molar-refractivity contribution in [1.29, 1.82) is 15.8 Å². The largest absolute Gasteiger partial charge is 0.370 e. The molecule has 2 aliphatic rings. The van der Waals surface area contributed by atoms with E-state index < -0.39 is 40.2 Å². The topological polar surface area (TPSA) is 121 Å². The number of carbonyl (C=O) groups is 1. The molecule has 1 aromatic rings. The van der Waals surface area contributed by atoms with Gasteiger partial charge < -0.3 is 10.4 Å². The third-order valence-electron chi connectivity index (χ3n) is 5.95. The van der Waals surface area contributed by atoms with E-state index in [-0.39, 0.29) is 0 Å². The second-order valence-electron chi connectivity index (χ2n) is 6.63. The number of hydrogen-bond acceptors (Lipinski definition) is 5. The molecular weight excluding hydrogens is 304 g/mol. The van der Waals surface area contributed by atoms with E-state index in [1.165, 1.54) is 0 Å². The molecule has 0 unspecified atom stereocenters. The summed E-state index contributed by atoms with van der Waals surface area (Å²) in [6.45, 7) is 3.24. The van der Waals surface area contributed by atoms with Crippen molar-refractivity contribution in [3.05, 3.63) is 35.9 Å². The van der Waals surface area contributed by atoms with Crippen LogP contribution in [0.15, 0.2) is 30.3 Å². The summed E-state index contributed by atoms with van der Waals surface area (Å²) in [4.78, 5) is 12.7. The second-order valence-corrected chi connectivity index (χ2v) is 6.63. The molecule has 2 fully saturated rings. The van der Waals surface area contributed by atoms with Gasteiger partial charge in [0, 0.05) is 17.8 Å². The first-order valence-corrected chi connectivity index (χ1v) is 7.69. The molecular formula is C18H16N4O2. The summed E-state index contributed by atoms with van der Waals surface area (Å²) in [5.41, 5.74) is -4.83. The minimum Gasteiger partial charge on any atom is -0.370 e. The first kappa shape index (κ1) is 16.0. The number of carbonyl (C=O) groups excluding carboxylic acids is 1. The lowest BCUT2D eigenvalue weighted by Gasteiger charge is -2.51. The zero-order valence-electron chi connectivity index (χ0n) is 13.3. The number of hydrogen-bond donors (Lipinski definition) is 2. The number of rotatable bonds is 1. The fourth-order valence-corrected chi connectivity index (χ4v) is 4.59. The molecule has 2 N–H and O–H groups in total. The maximum absolute atomic E-state index is 12.7. The average molecular weight is 320 g/mol. The van der Waals surface area contributed by atoms with Gasteiger partial charge in [0.2, 0.25) is 5.91 Å². The Bertz CT molecular complexity index is 817. The standard InChI is InChI=1S/C18H16N4O2/c1-11-14(13-6-4-3-5-7-13)16(8-19,9-20)17(10-21)12(2)18(11,24)22-15(17)23/h3-7,11-12,14,24H,1-2H3,(H,22,23)/t11-,12-,14-,17+,18+/m1/s1. The van der Waals surface area contributed by atoms with Gasteiger partial charge in [-0.2, -0.15) is 15.8 Å². The maximum Gasteiger partial charge on any atom is 0.245 e. The lowest BCUT2D eigenvalue weighted by atomic mass is 9.45. The summed E-state index contributed by atoms with van der Waals surface area (Å²) in [5, 5.41) is 43.3. The SMILES string of the molecule is C[C@@H]1[C@H](c2ccccc2)C(C#N)(C#N)[C@]2(C#N)C(=O)N[C@@]1(O)[C@@H]2C. The fraction of sp³-hybridized carbons (Fsp3) is 0.444. The number of nitriles is 3. The van der Waals surface area contributed by atoms with E-state index in [1.54, 1.807) is 44.2 Å². The Labute approximate surface area is 139 Å². The second kappa shape index (κ2) is 4.81. The molecule has 6 heteroatoms. The van der Waals surface area contributed by atoms with Gasteiger partial charge in [0.1, 0.15) is 5.72 Å². The van der Waals surface area contributed by atoms with Gasteiger partial charge in [0.25, 0.3) is 0 Å². The van der Waals surface area contributed by atoms with Crippen molar-refractivity contribution in [1.82, 2.24) is 5.32 Å². The molecule has 0 aromatic heterocycles. The fourth-order valence-electron chi connectivity index (χ4n) is 4.59. The van der Waals surface area contributed by atoms with Gasteiger partial charge in [-0.15, -0.1) is 0 Å². The Hall–Kier alpha value is -2.88. The number of amides is 1. The molecule has 3 rings (SSSR count). The predicted octanol–water partition coefficient (Wildman–Crippen LogP) is 1.42. The highest BCUT2D eigenvalue weighted by Gasteiger charge is 2.79. The summed E-state index contributed by atoms with van der Waals surface area (Å²) in [6, 6.07) is 14.7. The van der Waals surface area contributed by atoms with E-state index >= 15 is 0 Å². The van der Waals surface area contributed by atoms with Crippen molar-refractivity contribution in [3.63, 3.8) is 0 Å². The summed E-state index contributed by atoms with van der Waals surface area (Å²) in [7, 11) is 0. The Morgan fingerprint density at radius 3 is 2.17 bits per heavy atom. The van der Waals surface area contributed by atoms with E-state index in [2.05, 4.69) is 5.32 Å². The number of fused-ring (bicyclic) bond motifs is 2. The van der Waals surface area contributed by atoms with Crippen LogP contribution in [0, 0.1) is 56.7 Å². The van der Waals surface area contributed by atoms with Crippen LogP contribution in [0.3, 0.4) is 0 Å². The van der Waals surface area contributed by atoms with E-state index in [1.807, 2.05) is 18.2 Å². The predicted molar refractivity (Wildman–Crippen MR) is 82.3 cm³/mol. The van der Waals surface area contributed by atoms with Crippen LogP contribution in [0.5, 0.6) is 0 Å². The molecule has 1 aliphatic carbocycles. The van der Waals surface area contributed by atoms with Crippen LogP contribution in [0.25, 0.3) is 0 Å². The highest BCUT2D eigenvalue weighted by molar-refractivity contribution is 5.92. The van der Waals surface area contributed by atoms with Crippen molar-refractivity contribution < 1.29 is 9.90 Å². The van der Waals surface area contributed by atoms with Crippen LogP contribution in [0.1, 0.15) is 25.3 Å². The van der Waals surface area contributed by atoms with Gasteiger partial charge in [-0.05, 0) is 5.56 Å². The van der Waals surface area contributed by atoms with Crippen LogP contribution in [-0.2, 0) is 4.79 Å². The van der Waals surface area contributed by atoms with E-state index in [4.69, 9.17) is 0 Å². The van der Waals surface area contributed by atoms with Crippen molar-refractivity contribution in [2.75, 3.05) is 0 Å². The maximum atomic E-state index is 12.7. The van der Waals surface area contributed by atoms with Crippen LogP contribution in [-0.4, -0.2) is 16.7 Å². The Kier molecular flexibility index (Phi) is 3.20. The molecule has 0 spiro atoms. The molecule has 0 radical (unpaired) electrons. The van der Waals surface area contributed by atoms with Crippen molar-refractivity contribution in [2.24, 2.45) is 22.7 Å². The Morgan fingerprint density at radius 1 is 1.08 bits per heavy atom. The third-order valence-corrected chi connectivity index (χ3v) is 5.95. The van der Waals surface area contributed by atoms with Gasteiger partial charge in [-0.25, -0.2) is 0 Å². The Morgan fingerprint density at radius 2 is 1.67 bits per heavy atom. The molecule has 5 atom stereocenters. The summed E-state index contributed by atoms with van der Waals surface area (Å²) < 4.78 is 0. The van der Waals surface area contributed by atoms with Crippen LogP contribution >= 0.6 is 0 Å². The zero-order chi connectivity index (χ0) is 17.8. The van der Waals surface area contributed by atoms with E-state index in [0.29, 0.717) is 5.56 Å². The van der Waals surface area contributed by atoms with Crippen molar-refractivity contribution >= 4 is 5.91 Å². The van der Waals surface area contributed by atoms with Crippen LogP contribution in [0.4, 0.5) is 0 Å². The normalized spacial score (nSPS) is 39.2. The number of benzene rings is 1. The van der Waals surface area contributed by atoms with Gasteiger partial charge in [-0.3, -0.25) is 4.79 Å². The lowest BCUT2D eigenvalue weighted by Crippen LogP contribution is -2.62. The molecule has 1 amide bonds. The van der Waals surface area contributed by atoms with Crippen LogP contribution in [0.2, 0.25) is 0 Å². The van der Waals surface area contributed by atoms with Crippen molar-refractivity contribution in [3.8, 4) is 18.2 Å². The highest BCUT2D eigenvalue weighted by Crippen LogP contribution is 2.66. The van der Waals surface area contributed by atoms with Gasteiger partial charge in [-0.1, -0.05) is 44.2 Å². The molecule has 120 valence electrons. The highest BCUT2D eigenvalue weighted by atomic mass is 16.3. The molecule has 1 aromatic carbocycles. The minimum absolute atomic E-state index is 0.623. The summed E-state index contributed by atoms with van der Waals surface area (Å²) in [6.07, 6.45) is 0. The van der Waals surface area contributed by atoms with E-state index in [9.17, 15) is 25.7 Å². The molecule has 24 heavy (non-hydrogen) atoms. The number of nitrogens with zero attached hydrogens (tertiary/aromatic N) is 3. The molecule has 1 heterocycles. The lowest BCUT2D eigenvalue weighted by molar-refractivity contribution is -0.135. The first-order chi connectivity index (χ1) is 11.4. The third kappa shape index (κ3) is 1.44. The van der Waals surface area contributed by atoms with Gasteiger partial charge in [0.15, 0.2) is 10.8 Å². The van der Waals surface area contributed by atoms with Crippen LogP contribution < -0.4 is 5.32 Å². The Balaban J connectivity index is 2.40. The van der Waals surface area contributed by atoms with E-state index in [0.717, 1.165) is 0 Å². The molecule has 2 bridgehead atoms. The first-order valence-electron chi connectivity index (χ1n) is 7.69. The monoisotopic (exact) mass is 320 g/mol. The molecule has 1 aliphatic heterocycles. The average Bonchev–Trinajstić information content (AvgIpc) is 2.77. The summed E-state index contributed by atoms with van der Waals surface area (Å²) in [5.74, 6) is -3.05. The van der Waals surface area contributed by atoms with Gasteiger partial charge in [0.05, 0.1) is 18.2 Å².